The normalized spacial score (nSPS) is 12.9. The maximum atomic E-state index is 11.8. The first-order chi connectivity index (χ1) is 10.5. The number of benzene rings is 1. The molecule has 1 aliphatic carbocycles. The zero-order chi connectivity index (χ0) is 15.9. The van der Waals surface area contributed by atoms with E-state index >= 15 is 0 Å². The summed E-state index contributed by atoms with van der Waals surface area (Å²) >= 11 is 5.16. The highest BCUT2D eigenvalue weighted by Gasteiger charge is 2.08. The van der Waals surface area contributed by atoms with Crippen LogP contribution in [0.5, 0.6) is 0 Å². The fourth-order valence-electron chi connectivity index (χ4n) is 2.39. The average molecular weight is 315 g/mol. The van der Waals surface area contributed by atoms with Gasteiger partial charge in [-0.25, -0.2) is 10.3 Å². The van der Waals surface area contributed by atoms with Gasteiger partial charge in [0, 0.05) is 6.42 Å². The third-order valence-electron chi connectivity index (χ3n) is 3.61. The molecule has 0 atom stereocenters. The van der Waals surface area contributed by atoms with E-state index in [-0.39, 0.29) is 5.97 Å². The second-order valence-electron chi connectivity index (χ2n) is 5.56. The predicted octanol–water partition coefficient (Wildman–Crippen LogP) is 3.89. The van der Waals surface area contributed by atoms with Crippen molar-refractivity contribution in [2.45, 2.75) is 39.5 Å². The highest BCUT2D eigenvalue weighted by molar-refractivity contribution is 7.80. The molecule has 0 heterocycles. The van der Waals surface area contributed by atoms with Crippen LogP contribution in [0.4, 0.5) is 0 Å². The van der Waals surface area contributed by atoms with E-state index in [1.54, 1.807) is 0 Å². The van der Waals surface area contributed by atoms with Gasteiger partial charge in [0.05, 0.1) is 6.42 Å². The Kier molecular flexibility index (Phi) is 5.90. The van der Waals surface area contributed by atoms with Crippen molar-refractivity contribution in [3.8, 4) is 0 Å². The summed E-state index contributed by atoms with van der Waals surface area (Å²) in [6.07, 6.45) is 8.69. The number of hydrogen-bond acceptors (Lipinski definition) is 3. The molecule has 1 N–H and O–H groups in total. The highest BCUT2D eigenvalue weighted by Crippen LogP contribution is 2.15. The third kappa shape index (κ3) is 5.11. The first-order valence-electron chi connectivity index (χ1n) is 7.44. The van der Waals surface area contributed by atoms with Gasteiger partial charge in [-0.05, 0) is 37.8 Å². The van der Waals surface area contributed by atoms with Crippen molar-refractivity contribution in [3.05, 3.63) is 58.7 Å². The summed E-state index contributed by atoms with van der Waals surface area (Å²) in [7, 11) is 0. The number of thiocarbonyl (C=S) groups is 1. The van der Waals surface area contributed by atoms with E-state index in [0.29, 0.717) is 24.3 Å². The minimum absolute atomic E-state index is 0.291. The van der Waals surface area contributed by atoms with E-state index in [2.05, 4.69) is 43.6 Å². The van der Waals surface area contributed by atoms with Gasteiger partial charge in [-0.1, -0.05) is 59.8 Å². The standard InChI is InChI=1S/C18H21NO2S/c1-13-7-8-16(14(2)11-13)9-10-18(20)21-19-17(22)12-15-5-3-4-6-15/h3-5,7-8,11H,6,9-10,12H2,1-2H3,(H,19,22). The molecule has 1 aliphatic rings. The summed E-state index contributed by atoms with van der Waals surface area (Å²) in [5.74, 6) is -0.291. The van der Waals surface area contributed by atoms with Crippen LogP contribution in [0.25, 0.3) is 0 Å². The zero-order valence-electron chi connectivity index (χ0n) is 13.0. The number of aryl methyl sites for hydroxylation is 3. The molecule has 0 bridgehead atoms. The van der Waals surface area contributed by atoms with Crippen LogP contribution in [0.2, 0.25) is 0 Å². The van der Waals surface area contributed by atoms with Gasteiger partial charge in [-0.3, -0.25) is 0 Å². The van der Waals surface area contributed by atoms with Crippen molar-refractivity contribution >= 4 is 23.2 Å². The monoisotopic (exact) mass is 315 g/mol. The predicted molar refractivity (Wildman–Crippen MR) is 92.5 cm³/mol. The minimum atomic E-state index is -0.291. The summed E-state index contributed by atoms with van der Waals surface area (Å²) < 4.78 is 0. The van der Waals surface area contributed by atoms with Gasteiger partial charge in [0.25, 0.3) is 0 Å². The van der Waals surface area contributed by atoms with Crippen LogP contribution in [0, 0.1) is 13.8 Å². The van der Waals surface area contributed by atoms with E-state index in [4.69, 9.17) is 17.1 Å². The largest absolute Gasteiger partial charge is 0.343 e. The van der Waals surface area contributed by atoms with Crippen LogP contribution in [0.1, 0.15) is 36.0 Å². The molecule has 0 aromatic heterocycles. The van der Waals surface area contributed by atoms with Gasteiger partial charge < -0.3 is 4.84 Å². The van der Waals surface area contributed by atoms with E-state index in [1.807, 2.05) is 12.2 Å². The molecule has 22 heavy (non-hydrogen) atoms. The smallest absolute Gasteiger partial charge is 0.332 e. The summed E-state index contributed by atoms with van der Waals surface area (Å²) in [4.78, 5) is 17.3. The second kappa shape index (κ2) is 7.90. The van der Waals surface area contributed by atoms with Crippen LogP contribution >= 0.6 is 12.2 Å². The van der Waals surface area contributed by atoms with Crippen molar-refractivity contribution in [1.82, 2.24) is 5.48 Å². The number of allylic oxidation sites excluding steroid dienone is 3. The van der Waals surface area contributed by atoms with Crippen LogP contribution in [-0.4, -0.2) is 11.0 Å². The molecule has 116 valence electrons. The number of nitrogens with one attached hydrogen (secondary N) is 1. The van der Waals surface area contributed by atoms with Crippen LogP contribution in [0.15, 0.2) is 42.0 Å². The molecule has 1 aromatic rings. The zero-order valence-corrected chi connectivity index (χ0v) is 13.8. The lowest BCUT2D eigenvalue weighted by Crippen LogP contribution is -2.25. The Morgan fingerprint density at radius 3 is 2.86 bits per heavy atom. The highest BCUT2D eigenvalue weighted by atomic mass is 32.1. The number of rotatable bonds is 5. The Morgan fingerprint density at radius 1 is 1.36 bits per heavy atom. The molecule has 0 saturated heterocycles. The summed E-state index contributed by atoms with van der Waals surface area (Å²) in [6, 6.07) is 6.25. The maximum Gasteiger partial charge on any atom is 0.332 e. The Hall–Kier alpha value is -1.94. The quantitative estimate of drug-likeness (QED) is 0.661. The Balaban J connectivity index is 1.70. The molecule has 1 aromatic carbocycles. The summed E-state index contributed by atoms with van der Waals surface area (Å²) in [5, 5.41) is 0. The molecular formula is C18H21NO2S. The van der Waals surface area contributed by atoms with Gasteiger partial charge >= 0.3 is 5.97 Å². The van der Waals surface area contributed by atoms with Crippen LogP contribution in [0.3, 0.4) is 0 Å². The van der Waals surface area contributed by atoms with Crippen molar-refractivity contribution < 1.29 is 9.63 Å². The molecule has 0 amide bonds. The molecule has 0 unspecified atom stereocenters. The molecule has 2 rings (SSSR count). The fraction of sp³-hybridized carbons (Fsp3) is 0.333. The van der Waals surface area contributed by atoms with Crippen LogP contribution < -0.4 is 5.48 Å². The molecule has 0 spiro atoms. The third-order valence-corrected chi connectivity index (χ3v) is 3.84. The lowest BCUT2D eigenvalue weighted by Gasteiger charge is -2.09. The Labute approximate surface area is 137 Å². The first-order valence-corrected chi connectivity index (χ1v) is 7.84. The molecule has 0 aliphatic heterocycles. The van der Waals surface area contributed by atoms with Gasteiger partial charge in [0.1, 0.15) is 4.99 Å². The summed E-state index contributed by atoms with van der Waals surface area (Å²) in [5.41, 5.74) is 7.42. The first kappa shape index (κ1) is 16.4. The van der Waals surface area contributed by atoms with Crippen molar-refractivity contribution in [3.63, 3.8) is 0 Å². The van der Waals surface area contributed by atoms with Gasteiger partial charge in [0.15, 0.2) is 0 Å². The van der Waals surface area contributed by atoms with Crippen LogP contribution in [-0.2, 0) is 16.1 Å². The minimum Gasteiger partial charge on any atom is -0.343 e. The van der Waals surface area contributed by atoms with Gasteiger partial charge in [-0.2, -0.15) is 0 Å². The van der Waals surface area contributed by atoms with Gasteiger partial charge in [-0.15, -0.1) is 0 Å². The van der Waals surface area contributed by atoms with E-state index in [0.717, 1.165) is 6.42 Å². The van der Waals surface area contributed by atoms with E-state index in [1.165, 1.54) is 22.3 Å². The number of hydrogen-bond donors (Lipinski definition) is 1. The second-order valence-corrected chi connectivity index (χ2v) is 6.06. The Bertz CT molecular complexity index is 632. The fourth-order valence-corrected chi connectivity index (χ4v) is 2.62. The number of carbonyl (C=O) groups is 1. The van der Waals surface area contributed by atoms with E-state index < -0.39 is 0 Å². The number of hydroxylamine groups is 1. The SMILES string of the molecule is Cc1ccc(CCC(=O)ONC(=S)CC2=CC=CC2)c(C)c1. The number of carbonyl (C=O) groups excluding carboxylic acids is 1. The van der Waals surface area contributed by atoms with Gasteiger partial charge in [0.2, 0.25) is 0 Å². The van der Waals surface area contributed by atoms with Crippen molar-refractivity contribution in [2.75, 3.05) is 0 Å². The molecular weight excluding hydrogens is 294 g/mol. The molecule has 4 heteroatoms. The van der Waals surface area contributed by atoms with Crippen molar-refractivity contribution in [1.29, 1.82) is 0 Å². The maximum absolute atomic E-state index is 11.8. The average Bonchev–Trinajstić information content (AvgIpc) is 2.97. The molecule has 3 nitrogen and oxygen atoms in total. The topological polar surface area (TPSA) is 38.3 Å². The lowest BCUT2D eigenvalue weighted by molar-refractivity contribution is -0.147. The Morgan fingerprint density at radius 2 is 2.18 bits per heavy atom. The van der Waals surface area contributed by atoms with Crippen molar-refractivity contribution in [2.24, 2.45) is 0 Å². The molecule has 0 radical (unpaired) electrons. The molecule has 0 fully saturated rings. The van der Waals surface area contributed by atoms with E-state index in [9.17, 15) is 4.79 Å². The lowest BCUT2D eigenvalue weighted by atomic mass is 10.0. The summed E-state index contributed by atoms with van der Waals surface area (Å²) in [6.45, 7) is 4.12. The molecule has 0 saturated carbocycles.